The Morgan fingerprint density at radius 3 is 2.80 bits per heavy atom. The third-order valence-corrected chi connectivity index (χ3v) is 3.03. The number of nitrogens with zero attached hydrogens (tertiary/aromatic N) is 1. The van der Waals surface area contributed by atoms with E-state index in [1.54, 1.807) is 0 Å². The Hall–Kier alpha value is -0.590. The molecule has 86 valence electrons. The molecule has 1 heterocycles. The van der Waals surface area contributed by atoms with E-state index in [4.69, 9.17) is 10.00 Å². The third-order valence-electron chi connectivity index (χ3n) is 3.03. The summed E-state index contributed by atoms with van der Waals surface area (Å²) in [6.07, 6.45) is 3.20. The highest BCUT2D eigenvalue weighted by atomic mass is 16.5. The summed E-state index contributed by atoms with van der Waals surface area (Å²) >= 11 is 0. The summed E-state index contributed by atoms with van der Waals surface area (Å²) in [5.41, 5.74) is -0.193. The van der Waals surface area contributed by atoms with Crippen LogP contribution in [0.1, 0.15) is 40.0 Å². The lowest BCUT2D eigenvalue weighted by molar-refractivity contribution is 0.0207. The molecule has 0 saturated carbocycles. The number of nitrogens with one attached hydrogen (secondary N) is 1. The molecule has 1 atom stereocenters. The van der Waals surface area contributed by atoms with Crippen molar-refractivity contribution < 1.29 is 4.74 Å². The van der Waals surface area contributed by atoms with Gasteiger partial charge in [0.25, 0.3) is 0 Å². The Bertz CT molecular complexity index is 236. The highest BCUT2D eigenvalue weighted by molar-refractivity contribution is 4.92. The van der Waals surface area contributed by atoms with Crippen LogP contribution in [0.4, 0.5) is 0 Å². The SMILES string of the molecule is CC(C)(C#N)CCNCC1(C)CCCO1. The largest absolute Gasteiger partial charge is 0.374 e. The molecule has 1 rings (SSSR count). The summed E-state index contributed by atoms with van der Waals surface area (Å²) in [5, 5.41) is 12.2. The van der Waals surface area contributed by atoms with Crippen molar-refractivity contribution in [2.75, 3.05) is 19.7 Å². The number of nitriles is 1. The molecule has 1 unspecified atom stereocenters. The summed E-state index contributed by atoms with van der Waals surface area (Å²) in [7, 11) is 0. The topological polar surface area (TPSA) is 45.0 Å². The van der Waals surface area contributed by atoms with Gasteiger partial charge in [0.1, 0.15) is 0 Å². The second-order valence-corrected chi connectivity index (χ2v) is 5.32. The summed E-state index contributed by atoms with van der Waals surface area (Å²) in [5.74, 6) is 0. The van der Waals surface area contributed by atoms with E-state index < -0.39 is 0 Å². The quantitative estimate of drug-likeness (QED) is 0.707. The van der Waals surface area contributed by atoms with Crippen LogP contribution in [0.2, 0.25) is 0 Å². The highest BCUT2D eigenvalue weighted by Crippen LogP contribution is 2.24. The lowest BCUT2D eigenvalue weighted by atomic mass is 9.91. The Morgan fingerprint density at radius 2 is 2.27 bits per heavy atom. The molecule has 1 N–H and O–H groups in total. The lowest BCUT2D eigenvalue weighted by Crippen LogP contribution is -2.38. The Balaban J connectivity index is 2.14. The molecule has 0 aliphatic carbocycles. The Labute approximate surface area is 92.8 Å². The van der Waals surface area contributed by atoms with Crippen molar-refractivity contribution in [3.63, 3.8) is 0 Å². The molecule has 15 heavy (non-hydrogen) atoms. The number of ether oxygens (including phenoxy) is 1. The number of hydrogen-bond acceptors (Lipinski definition) is 3. The minimum atomic E-state index is -0.218. The standard InChI is InChI=1S/C12H22N2O/c1-11(2,9-13)6-7-14-10-12(3)5-4-8-15-12/h14H,4-8,10H2,1-3H3. The highest BCUT2D eigenvalue weighted by Gasteiger charge is 2.29. The summed E-state index contributed by atoms with van der Waals surface area (Å²) in [6.45, 7) is 8.78. The zero-order valence-corrected chi connectivity index (χ0v) is 10.1. The van der Waals surface area contributed by atoms with Gasteiger partial charge in [-0.3, -0.25) is 0 Å². The minimum Gasteiger partial charge on any atom is -0.374 e. The smallest absolute Gasteiger partial charge is 0.0779 e. The molecule has 0 amide bonds. The van der Waals surface area contributed by atoms with E-state index >= 15 is 0 Å². The molecule has 3 nitrogen and oxygen atoms in total. The molecular weight excluding hydrogens is 188 g/mol. The van der Waals surface area contributed by atoms with E-state index in [0.29, 0.717) is 0 Å². The van der Waals surface area contributed by atoms with Gasteiger partial charge < -0.3 is 10.1 Å². The van der Waals surface area contributed by atoms with Gasteiger partial charge in [0.05, 0.1) is 17.1 Å². The van der Waals surface area contributed by atoms with Crippen molar-refractivity contribution in [1.82, 2.24) is 5.32 Å². The number of rotatable bonds is 5. The summed E-state index contributed by atoms with van der Waals surface area (Å²) in [4.78, 5) is 0. The lowest BCUT2D eigenvalue weighted by Gasteiger charge is -2.24. The van der Waals surface area contributed by atoms with Gasteiger partial charge in [0.15, 0.2) is 0 Å². The minimum absolute atomic E-state index is 0.0246. The fraction of sp³-hybridized carbons (Fsp3) is 0.917. The fourth-order valence-corrected chi connectivity index (χ4v) is 1.79. The van der Waals surface area contributed by atoms with Crippen LogP contribution in [-0.2, 0) is 4.74 Å². The van der Waals surface area contributed by atoms with Crippen LogP contribution in [0.15, 0.2) is 0 Å². The summed E-state index contributed by atoms with van der Waals surface area (Å²) < 4.78 is 5.67. The third kappa shape index (κ3) is 4.19. The normalized spacial score (nSPS) is 26.5. The van der Waals surface area contributed by atoms with Crippen molar-refractivity contribution in [1.29, 1.82) is 5.26 Å². The van der Waals surface area contributed by atoms with Crippen LogP contribution in [0.25, 0.3) is 0 Å². The maximum absolute atomic E-state index is 8.85. The zero-order valence-electron chi connectivity index (χ0n) is 10.1. The van der Waals surface area contributed by atoms with Gasteiger partial charge in [0.2, 0.25) is 0 Å². The fourth-order valence-electron chi connectivity index (χ4n) is 1.79. The molecule has 1 aliphatic heterocycles. The average molecular weight is 210 g/mol. The van der Waals surface area contributed by atoms with Gasteiger partial charge >= 0.3 is 0 Å². The molecular formula is C12H22N2O. The molecule has 0 aromatic carbocycles. The maximum atomic E-state index is 8.85. The van der Waals surface area contributed by atoms with Crippen molar-refractivity contribution in [2.24, 2.45) is 5.41 Å². The average Bonchev–Trinajstić information content (AvgIpc) is 2.61. The molecule has 0 aromatic rings. The molecule has 0 radical (unpaired) electrons. The van der Waals surface area contributed by atoms with Crippen LogP contribution >= 0.6 is 0 Å². The van der Waals surface area contributed by atoms with Gasteiger partial charge in [-0.15, -0.1) is 0 Å². The van der Waals surface area contributed by atoms with Gasteiger partial charge in [-0.1, -0.05) is 0 Å². The van der Waals surface area contributed by atoms with Crippen LogP contribution in [0.5, 0.6) is 0 Å². The van der Waals surface area contributed by atoms with E-state index in [-0.39, 0.29) is 11.0 Å². The van der Waals surface area contributed by atoms with E-state index in [1.165, 1.54) is 6.42 Å². The van der Waals surface area contributed by atoms with Crippen LogP contribution in [-0.4, -0.2) is 25.3 Å². The first-order chi connectivity index (χ1) is 6.97. The van der Waals surface area contributed by atoms with E-state index in [9.17, 15) is 0 Å². The Kier molecular flexibility index (Phi) is 4.12. The second kappa shape index (κ2) is 4.96. The monoisotopic (exact) mass is 210 g/mol. The van der Waals surface area contributed by atoms with Gasteiger partial charge in [-0.05, 0) is 46.6 Å². The van der Waals surface area contributed by atoms with E-state index in [2.05, 4.69) is 18.3 Å². The van der Waals surface area contributed by atoms with Crippen molar-refractivity contribution in [2.45, 2.75) is 45.6 Å². The van der Waals surface area contributed by atoms with Crippen molar-refractivity contribution >= 4 is 0 Å². The second-order valence-electron chi connectivity index (χ2n) is 5.32. The first kappa shape index (κ1) is 12.5. The summed E-state index contributed by atoms with van der Waals surface area (Å²) in [6, 6.07) is 2.31. The van der Waals surface area contributed by atoms with E-state index in [1.807, 2.05) is 13.8 Å². The molecule has 1 saturated heterocycles. The molecule has 1 fully saturated rings. The first-order valence-electron chi connectivity index (χ1n) is 5.73. The molecule has 3 heteroatoms. The first-order valence-corrected chi connectivity index (χ1v) is 5.73. The van der Waals surface area contributed by atoms with Crippen molar-refractivity contribution in [3.8, 4) is 6.07 Å². The Morgan fingerprint density at radius 1 is 1.53 bits per heavy atom. The van der Waals surface area contributed by atoms with Crippen LogP contribution in [0.3, 0.4) is 0 Å². The van der Waals surface area contributed by atoms with Crippen LogP contribution < -0.4 is 5.32 Å². The predicted molar refractivity (Wildman–Crippen MR) is 60.5 cm³/mol. The molecule has 0 bridgehead atoms. The zero-order chi connectivity index (χ0) is 11.4. The van der Waals surface area contributed by atoms with Gasteiger partial charge in [0, 0.05) is 13.2 Å². The van der Waals surface area contributed by atoms with Gasteiger partial charge in [-0.25, -0.2) is 0 Å². The predicted octanol–water partition coefficient (Wildman–Crippen LogP) is 2.08. The van der Waals surface area contributed by atoms with Crippen LogP contribution in [0, 0.1) is 16.7 Å². The van der Waals surface area contributed by atoms with E-state index in [0.717, 1.165) is 32.5 Å². The molecule has 0 spiro atoms. The molecule has 1 aliphatic rings. The van der Waals surface area contributed by atoms with Crippen molar-refractivity contribution in [3.05, 3.63) is 0 Å². The maximum Gasteiger partial charge on any atom is 0.0779 e. The number of hydrogen-bond donors (Lipinski definition) is 1. The van der Waals surface area contributed by atoms with Gasteiger partial charge in [-0.2, -0.15) is 5.26 Å². The molecule has 0 aromatic heterocycles.